The van der Waals surface area contributed by atoms with E-state index in [0.29, 0.717) is 18.4 Å². The number of amides is 1. The van der Waals surface area contributed by atoms with Crippen LogP contribution in [0.25, 0.3) is 0 Å². The fourth-order valence-electron chi connectivity index (χ4n) is 2.56. The number of ether oxygens (including phenoxy) is 1. The molecule has 1 aliphatic heterocycles. The zero-order chi connectivity index (χ0) is 16.5. The first-order valence-electron chi connectivity index (χ1n) is 6.79. The van der Waals surface area contributed by atoms with Crippen LogP contribution >= 0.6 is 0 Å². The molecule has 0 unspecified atom stereocenters. The van der Waals surface area contributed by atoms with E-state index in [1.54, 1.807) is 6.92 Å². The molecule has 1 heterocycles. The number of aryl methyl sites for hydroxylation is 1. The van der Waals surface area contributed by atoms with E-state index in [2.05, 4.69) is 4.74 Å². The molecule has 1 saturated heterocycles. The van der Waals surface area contributed by atoms with Gasteiger partial charge in [-0.2, -0.15) is 4.31 Å². The summed E-state index contributed by atoms with van der Waals surface area (Å²) < 4.78 is 31.3. The van der Waals surface area contributed by atoms with Crippen molar-refractivity contribution in [1.82, 2.24) is 4.31 Å². The van der Waals surface area contributed by atoms with E-state index in [0.717, 1.165) is 4.31 Å². The number of nitrogens with two attached hydrogens (primary N) is 1. The highest BCUT2D eigenvalue weighted by Gasteiger charge is 2.39. The second kappa shape index (κ2) is 6.05. The first-order chi connectivity index (χ1) is 10.3. The summed E-state index contributed by atoms with van der Waals surface area (Å²) in [5.41, 5.74) is 5.91. The lowest BCUT2D eigenvalue weighted by molar-refractivity contribution is -0.121. The molecule has 1 aliphatic rings. The third-order valence-corrected chi connectivity index (χ3v) is 5.78. The van der Waals surface area contributed by atoms with Gasteiger partial charge in [-0.3, -0.25) is 4.79 Å². The van der Waals surface area contributed by atoms with Crippen molar-refractivity contribution >= 4 is 21.9 Å². The molecule has 1 fully saturated rings. The lowest BCUT2D eigenvalue weighted by Crippen LogP contribution is -2.43. The van der Waals surface area contributed by atoms with E-state index in [1.165, 1.54) is 25.3 Å². The van der Waals surface area contributed by atoms with Crippen molar-refractivity contribution in [1.29, 1.82) is 0 Å². The number of nitrogens with zero attached hydrogens (tertiary/aromatic N) is 1. The van der Waals surface area contributed by atoms with Gasteiger partial charge in [-0.05, 0) is 37.5 Å². The SMILES string of the molecule is COC(=O)c1ccc(C)c(S(=O)(=O)N2CCC[C@@H]2C(N)=O)c1. The van der Waals surface area contributed by atoms with E-state index >= 15 is 0 Å². The molecule has 1 aromatic carbocycles. The van der Waals surface area contributed by atoms with Crippen LogP contribution in [-0.2, 0) is 19.6 Å². The van der Waals surface area contributed by atoms with Gasteiger partial charge in [-0.15, -0.1) is 0 Å². The van der Waals surface area contributed by atoms with Gasteiger partial charge in [0.1, 0.15) is 6.04 Å². The highest BCUT2D eigenvalue weighted by Crippen LogP contribution is 2.28. The summed E-state index contributed by atoms with van der Waals surface area (Å²) in [5.74, 6) is -1.29. The second-order valence-electron chi connectivity index (χ2n) is 5.15. The Hall–Kier alpha value is -1.93. The molecule has 0 radical (unpaired) electrons. The first kappa shape index (κ1) is 16.4. The van der Waals surface area contributed by atoms with Gasteiger partial charge < -0.3 is 10.5 Å². The number of benzene rings is 1. The number of sulfonamides is 1. The summed E-state index contributed by atoms with van der Waals surface area (Å²) in [6.07, 6.45) is 0.979. The standard InChI is InChI=1S/C14H18N2O5S/c1-9-5-6-10(14(18)21-2)8-12(9)22(19,20)16-7-3-4-11(16)13(15)17/h5-6,8,11H,3-4,7H2,1-2H3,(H2,15,17)/t11-/m1/s1. The van der Waals surface area contributed by atoms with Crippen LogP contribution in [0.1, 0.15) is 28.8 Å². The van der Waals surface area contributed by atoms with Crippen molar-refractivity contribution in [2.24, 2.45) is 5.73 Å². The van der Waals surface area contributed by atoms with Crippen LogP contribution in [0, 0.1) is 6.92 Å². The normalized spacial score (nSPS) is 19.1. The molecular formula is C14H18N2O5S. The number of carbonyl (C=O) groups is 2. The summed E-state index contributed by atoms with van der Waals surface area (Å²) >= 11 is 0. The molecule has 1 aromatic rings. The van der Waals surface area contributed by atoms with Crippen molar-refractivity contribution in [3.63, 3.8) is 0 Å². The van der Waals surface area contributed by atoms with Gasteiger partial charge in [0, 0.05) is 6.54 Å². The molecule has 22 heavy (non-hydrogen) atoms. The highest BCUT2D eigenvalue weighted by molar-refractivity contribution is 7.89. The summed E-state index contributed by atoms with van der Waals surface area (Å²) in [5, 5.41) is 0. The Kier molecular flexibility index (Phi) is 4.52. The molecule has 8 heteroatoms. The number of carbonyl (C=O) groups excluding carboxylic acids is 2. The Labute approximate surface area is 129 Å². The van der Waals surface area contributed by atoms with Gasteiger partial charge in [-0.1, -0.05) is 6.07 Å². The lowest BCUT2D eigenvalue weighted by atomic mass is 10.1. The average Bonchev–Trinajstić information content (AvgIpc) is 2.97. The van der Waals surface area contributed by atoms with Gasteiger partial charge in [0.05, 0.1) is 17.6 Å². The molecule has 0 aliphatic carbocycles. The number of primary amides is 1. The zero-order valence-corrected chi connectivity index (χ0v) is 13.2. The van der Waals surface area contributed by atoms with Gasteiger partial charge >= 0.3 is 5.97 Å². The molecule has 0 aromatic heterocycles. The van der Waals surface area contributed by atoms with Crippen LogP contribution in [0.5, 0.6) is 0 Å². The van der Waals surface area contributed by atoms with Gasteiger partial charge in [-0.25, -0.2) is 13.2 Å². The lowest BCUT2D eigenvalue weighted by Gasteiger charge is -2.22. The van der Waals surface area contributed by atoms with Crippen LogP contribution in [0.3, 0.4) is 0 Å². The summed E-state index contributed by atoms with van der Waals surface area (Å²) in [6.45, 7) is 1.86. The minimum atomic E-state index is -3.90. The van der Waals surface area contributed by atoms with E-state index in [4.69, 9.17) is 5.73 Å². The predicted octanol–water partition coefficient (Wildman–Crippen LogP) is 0.420. The fraction of sp³-hybridized carbons (Fsp3) is 0.429. The number of hydrogen-bond acceptors (Lipinski definition) is 5. The van der Waals surface area contributed by atoms with Gasteiger partial charge in [0.15, 0.2) is 0 Å². The van der Waals surface area contributed by atoms with Crippen molar-refractivity contribution in [2.75, 3.05) is 13.7 Å². The van der Waals surface area contributed by atoms with E-state index in [9.17, 15) is 18.0 Å². The van der Waals surface area contributed by atoms with Crippen LogP contribution in [-0.4, -0.2) is 44.3 Å². The summed E-state index contributed by atoms with van der Waals surface area (Å²) in [6, 6.07) is 3.46. The fourth-order valence-corrected chi connectivity index (χ4v) is 4.48. The number of esters is 1. The Bertz CT molecular complexity index is 714. The maximum atomic E-state index is 12.8. The van der Waals surface area contributed by atoms with Crippen LogP contribution in [0.4, 0.5) is 0 Å². The molecule has 0 bridgehead atoms. The average molecular weight is 326 g/mol. The Morgan fingerprint density at radius 1 is 1.36 bits per heavy atom. The molecular weight excluding hydrogens is 308 g/mol. The second-order valence-corrected chi connectivity index (χ2v) is 7.01. The molecule has 0 saturated carbocycles. The monoisotopic (exact) mass is 326 g/mol. The molecule has 120 valence electrons. The predicted molar refractivity (Wildman–Crippen MR) is 78.6 cm³/mol. The number of rotatable bonds is 4. The van der Waals surface area contributed by atoms with Gasteiger partial charge in [0.25, 0.3) is 0 Å². The maximum Gasteiger partial charge on any atom is 0.337 e. The van der Waals surface area contributed by atoms with E-state index in [-0.39, 0.29) is 17.0 Å². The molecule has 2 N–H and O–H groups in total. The number of methoxy groups -OCH3 is 1. The van der Waals surface area contributed by atoms with E-state index in [1.807, 2.05) is 0 Å². The van der Waals surface area contributed by atoms with Crippen LogP contribution in [0.15, 0.2) is 23.1 Å². The van der Waals surface area contributed by atoms with Crippen LogP contribution in [0.2, 0.25) is 0 Å². The first-order valence-corrected chi connectivity index (χ1v) is 8.23. The maximum absolute atomic E-state index is 12.8. The highest BCUT2D eigenvalue weighted by atomic mass is 32.2. The van der Waals surface area contributed by atoms with E-state index < -0.39 is 27.9 Å². The smallest absolute Gasteiger partial charge is 0.337 e. The minimum Gasteiger partial charge on any atom is -0.465 e. The van der Waals surface area contributed by atoms with Crippen molar-refractivity contribution < 1.29 is 22.7 Å². The molecule has 1 amide bonds. The summed E-state index contributed by atoms with van der Waals surface area (Å²) in [7, 11) is -2.68. The molecule has 7 nitrogen and oxygen atoms in total. The van der Waals surface area contributed by atoms with Crippen LogP contribution < -0.4 is 5.73 Å². The Morgan fingerprint density at radius 2 is 2.05 bits per heavy atom. The van der Waals surface area contributed by atoms with Crippen molar-refractivity contribution in [2.45, 2.75) is 30.7 Å². The Balaban J connectivity index is 2.49. The molecule has 1 atom stereocenters. The zero-order valence-electron chi connectivity index (χ0n) is 12.4. The van der Waals surface area contributed by atoms with Crippen molar-refractivity contribution in [3.8, 4) is 0 Å². The summed E-state index contributed by atoms with van der Waals surface area (Å²) in [4.78, 5) is 23.0. The number of hydrogen-bond donors (Lipinski definition) is 1. The topological polar surface area (TPSA) is 107 Å². The van der Waals surface area contributed by atoms with Gasteiger partial charge in [0.2, 0.25) is 15.9 Å². The van der Waals surface area contributed by atoms with Crippen molar-refractivity contribution in [3.05, 3.63) is 29.3 Å². The minimum absolute atomic E-state index is 0.0106. The Morgan fingerprint density at radius 3 is 2.64 bits per heavy atom. The third-order valence-electron chi connectivity index (χ3n) is 3.73. The quantitative estimate of drug-likeness (QED) is 0.807. The molecule has 2 rings (SSSR count). The largest absolute Gasteiger partial charge is 0.465 e. The molecule has 0 spiro atoms. The third kappa shape index (κ3) is 2.84.